The van der Waals surface area contributed by atoms with Gasteiger partial charge in [0.15, 0.2) is 17.5 Å². The third-order valence-corrected chi connectivity index (χ3v) is 3.91. The average molecular weight is 405 g/mol. The second kappa shape index (κ2) is 9.20. The van der Waals surface area contributed by atoms with Crippen LogP contribution in [0.4, 0.5) is 19.0 Å². The number of aromatic amines is 1. The number of ether oxygens (including phenoxy) is 1. The van der Waals surface area contributed by atoms with E-state index < -0.39 is 23.4 Å². The van der Waals surface area contributed by atoms with Crippen molar-refractivity contribution in [3.05, 3.63) is 59.4 Å². The van der Waals surface area contributed by atoms with Gasteiger partial charge in [-0.3, -0.25) is 9.89 Å². The Morgan fingerprint density at radius 1 is 1.17 bits per heavy atom. The highest BCUT2D eigenvalue weighted by molar-refractivity contribution is 6.08. The van der Waals surface area contributed by atoms with E-state index in [0.29, 0.717) is 25.1 Å². The number of carbonyl (C=O) groups excluding carboxylic acids is 1. The van der Waals surface area contributed by atoms with E-state index in [1.165, 1.54) is 12.1 Å². The maximum atomic E-state index is 13.8. The van der Waals surface area contributed by atoms with Crippen LogP contribution in [0.2, 0.25) is 0 Å². The molecule has 0 spiro atoms. The van der Waals surface area contributed by atoms with E-state index in [0.717, 1.165) is 18.2 Å². The molecule has 0 aliphatic rings. The molecule has 0 saturated heterocycles. The Labute approximate surface area is 164 Å². The molecule has 0 bridgehead atoms. The van der Waals surface area contributed by atoms with Crippen molar-refractivity contribution in [2.45, 2.75) is 6.92 Å². The lowest BCUT2D eigenvalue weighted by molar-refractivity contribution is 0.100. The van der Waals surface area contributed by atoms with Crippen molar-refractivity contribution in [3.63, 3.8) is 0 Å². The molecule has 0 saturated carbocycles. The summed E-state index contributed by atoms with van der Waals surface area (Å²) in [5.74, 6) is -3.27. The highest BCUT2D eigenvalue weighted by atomic mass is 19.2. The molecule has 3 aromatic rings. The number of fused-ring (bicyclic) bond motifs is 1. The van der Waals surface area contributed by atoms with Crippen LogP contribution in [0.3, 0.4) is 0 Å². The number of hydrogen-bond acceptors (Lipinski definition) is 3. The van der Waals surface area contributed by atoms with Crippen LogP contribution >= 0.6 is 0 Å². The molecule has 0 aliphatic carbocycles. The number of aliphatic imine (C=N–C) groups is 1. The van der Waals surface area contributed by atoms with E-state index in [-0.39, 0.29) is 22.9 Å². The summed E-state index contributed by atoms with van der Waals surface area (Å²) in [5.41, 5.74) is 0.0586. The molecule has 3 N–H and O–H groups in total. The Morgan fingerprint density at radius 2 is 2.00 bits per heavy atom. The summed E-state index contributed by atoms with van der Waals surface area (Å²) >= 11 is 0. The number of para-hydroxylation sites is 1. The first-order valence-corrected chi connectivity index (χ1v) is 8.79. The fourth-order valence-electron chi connectivity index (χ4n) is 2.51. The first-order valence-electron chi connectivity index (χ1n) is 8.79. The van der Waals surface area contributed by atoms with Crippen LogP contribution in [-0.4, -0.2) is 41.8 Å². The molecule has 29 heavy (non-hydrogen) atoms. The maximum absolute atomic E-state index is 13.8. The van der Waals surface area contributed by atoms with Crippen LogP contribution in [0, 0.1) is 17.5 Å². The number of aromatic nitrogens is 2. The van der Waals surface area contributed by atoms with Gasteiger partial charge in [0.2, 0.25) is 5.96 Å². The molecule has 7 nitrogen and oxygen atoms in total. The van der Waals surface area contributed by atoms with Gasteiger partial charge < -0.3 is 15.4 Å². The number of guanidine groups is 1. The van der Waals surface area contributed by atoms with Crippen LogP contribution in [0.15, 0.2) is 41.4 Å². The fraction of sp³-hybridized carbons (Fsp3) is 0.211. The minimum absolute atomic E-state index is 0.00269. The van der Waals surface area contributed by atoms with E-state index in [1.807, 2.05) is 6.92 Å². The normalized spacial score (nSPS) is 11.7. The molecule has 1 amide bonds. The first-order chi connectivity index (χ1) is 14.0. The highest BCUT2D eigenvalue weighted by Crippen LogP contribution is 2.22. The van der Waals surface area contributed by atoms with Crippen LogP contribution in [0.25, 0.3) is 10.9 Å². The molecule has 0 unspecified atom stereocenters. The summed E-state index contributed by atoms with van der Waals surface area (Å²) in [6, 6.07) is 7.17. The van der Waals surface area contributed by atoms with Gasteiger partial charge in [-0.1, -0.05) is 6.07 Å². The smallest absolute Gasteiger partial charge is 0.280 e. The molecule has 1 heterocycles. The molecular formula is C19H18F3N5O2. The topological polar surface area (TPSA) is 91.4 Å². The van der Waals surface area contributed by atoms with Crippen molar-refractivity contribution < 1.29 is 22.7 Å². The van der Waals surface area contributed by atoms with Crippen molar-refractivity contribution in [2.75, 3.05) is 25.1 Å². The summed E-state index contributed by atoms with van der Waals surface area (Å²) in [7, 11) is 0. The Morgan fingerprint density at radius 3 is 2.76 bits per heavy atom. The SMILES string of the molecule is CCOCCN/C(=N/C(=O)c1ccc(F)c(F)c1)Nc1n[nH]c2c(F)cccc12. The molecule has 0 radical (unpaired) electrons. The standard InChI is InChI=1S/C19H18F3N5O2/c1-2-29-9-8-23-19(25-18(28)11-6-7-13(20)15(22)10-11)24-17-12-4-3-5-14(21)16(12)26-27-17/h3-7,10H,2,8-9H2,1H3,(H3,23,24,25,26,27,28). The van der Waals surface area contributed by atoms with E-state index in [2.05, 4.69) is 25.8 Å². The number of benzene rings is 2. The number of carbonyl (C=O) groups is 1. The number of anilines is 1. The van der Waals surface area contributed by atoms with Crippen LogP contribution in [0.5, 0.6) is 0 Å². The van der Waals surface area contributed by atoms with E-state index in [4.69, 9.17) is 4.74 Å². The lowest BCUT2D eigenvalue weighted by Gasteiger charge is -2.11. The Kier molecular flexibility index (Phi) is 6.45. The van der Waals surface area contributed by atoms with Crippen molar-refractivity contribution >= 4 is 28.6 Å². The monoisotopic (exact) mass is 405 g/mol. The maximum Gasteiger partial charge on any atom is 0.280 e. The van der Waals surface area contributed by atoms with Crippen LogP contribution in [0.1, 0.15) is 17.3 Å². The highest BCUT2D eigenvalue weighted by Gasteiger charge is 2.14. The zero-order chi connectivity index (χ0) is 20.8. The predicted molar refractivity (Wildman–Crippen MR) is 102 cm³/mol. The quantitative estimate of drug-likeness (QED) is 0.333. The first kappa shape index (κ1) is 20.3. The largest absolute Gasteiger partial charge is 0.380 e. The number of H-pyrrole nitrogens is 1. The van der Waals surface area contributed by atoms with Gasteiger partial charge in [0.1, 0.15) is 11.3 Å². The van der Waals surface area contributed by atoms with Gasteiger partial charge in [-0.2, -0.15) is 10.1 Å². The second-order valence-corrected chi connectivity index (χ2v) is 5.88. The summed E-state index contributed by atoms with van der Waals surface area (Å²) < 4.78 is 45.6. The molecule has 3 rings (SSSR count). The number of halogens is 3. The van der Waals surface area contributed by atoms with Crippen molar-refractivity contribution in [2.24, 2.45) is 4.99 Å². The predicted octanol–water partition coefficient (Wildman–Crippen LogP) is 3.21. The summed E-state index contributed by atoms with van der Waals surface area (Å²) in [6.07, 6.45) is 0. The van der Waals surface area contributed by atoms with Crippen molar-refractivity contribution in [1.82, 2.24) is 15.5 Å². The fourth-order valence-corrected chi connectivity index (χ4v) is 2.51. The molecular weight excluding hydrogens is 387 g/mol. The van der Waals surface area contributed by atoms with Gasteiger partial charge in [0.25, 0.3) is 5.91 Å². The number of hydrogen-bond donors (Lipinski definition) is 3. The van der Waals surface area contributed by atoms with Crippen molar-refractivity contribution in [3.8, 4) is 0 Å². The van der Waals surface area contributed by atoms with Gasteiger partial charge in [-0.15, -0.1) is 0 Å². The van der Waals surface area contributed by atoms with E-state index in [1.54, 1.807) is 6.07 Å². The zero-order valence-corrected chi connectivity index (χ0v) is 15.4. The van der Waals surface area contributed by atoms with E-state index in [9.17, 15) is 18.0 Å². The van der Waals surface area contributed by atoms with E-state index >= 15 is 0 Å². The molecule has 152 valence electrons. The number of nitrogens with zero attached hydrogens (tertiary/aromatic N) is 2. The van der Waals surface area contributed by atoms with Gasteiger partial charge in [-0.05, 0) is 37.3 Å². The van der Waals surface area contributed by atoms with Crippen LogP contribution < -0.4 is 10.6 Å². The van der Waals surface area contributed by atoms with Crippen molar-refractivity contribution in [1.29, 1.82) is 0 Å². The zero-order valence-electron chi connectivity index (χ0n) is 15.4. The molecule has 1 aromatic heterocycles. The Hall–Kier alpha value is -3.40. The summed E-state index contributed by atoms with van der Waals surface area (Å²) in [6.45, 7) is 3.00. The van der Waals surface area contributed by atoms with Gasteiger partial charge in [0.05, 0.1) is 6.61 Å². The number of rotatable bonds is 6. The Bertz CT molecular complexity index is 1050. The molecule has 0 atom stereocenters. The molecule has 0 aliphatic heterocycles. The minimum atomic E-state index is -1.15. The third-order valence-electron chi connectivity index (χ3n) is 3.91. The average Bonchev–Trinajstić information content (AvgIpc) is 3.11. The summed E-state index contributed by atoms with van der Waals surface area (Å²) in [4.78, 5) is 16.3. The molecule has 2 aromatic carbocycles. The van der Waals surface area contributed by atoms with Gasteiger partial charge >= 0.3 is 0 Å². The lowest BCUT2D eigenvalue weighted by atomic mass is 10.2. The summed E-state index contributed by atoms with van der Waals surface area (Å²) in [5, 5.41) is 12.7. The second-order valence-electron chi connectivity index (χ2n) is 5.88. The third kappa shape index (κ3) is 4.91. The van der Waals surface area contributed by atoms with Gasteiger partial charge in [-0.25, -0.2) is 13.2 Å². The molecule has 10 heteroatoms. The Balaban J connectivity index is 1.86. The minimum Gasteiger partial charge on any atom is -0.380 e. The number of amides is 1. The molecule has 0 fully saturated rings. The van der Waals surface area contributed by atoms with Gasteiger partial charge in [0, 0.05) is 24.1 Å². The lowest BCUT2D eigenvalue weighted by Crippen LogP contribution is -2.34. The van der Waals surface area contributed by atoms with Crippen LogP contribution in [-0.2, 0) is 4.74 Å². The number of nitrogens with one attached hydrogen (secondary N) is 3.